The lowest BCUT2D eigenvalue weighted by Crippen LogP contribution is -1.94. The van der Waals surface area contributed by atoms with Crippen molar-refractivity contribution < 1.29 is 0 Å². The van der Waals surface area contributed by atoms with E-state index in [1.165, 1.54) is 4.88 Å². The second-order valence-corrected chi connectivity index (χ2v) is 5.49. The molecule has 0 aromatic carbocycles. The fraction of sp³-hybridized carbons (Fsp3) is 0.500. The molecule has 0 aliphatic heterocycles. The van der Waals surface area contributed by atoms with Gasteiger partial charge in [0.15, 0.2) is 5.01 Å². The van der Waals surface area contributed by atoms with Crippen LogP contribution in [0, 0.1) is 6.92 Å². The minimum atomic E-state index is 0.872. The Balaban J connectivity index is 2.34. The Morgan fingerprint density at radius 1 is 1.19 bits per heavy atom. The van der Waals surface area contributed by atoms with Crippen LogP contribution in [0.4, 0.5) is 5.13 Å². The molecule has 0 bridgehead atoms. The van der Waals surface area contributed by atoms with Crippen molar-refractivity contribution in [1.29, 1.82) is 0 Å². The molecule has 2 rings (SSSR count). The Morgan fingerprint density at radius 3 is 2.69 bits per heavy atom. The van der Waals surface area contributed by atoms with Crippen LogP contribution in [0.2, 0.25) is 0 Å². The van der Waals surface area contributed by atoms with Crippen LogP contribution < -0.4 is 5.32 Å². The number of hydrogen-bond acceptors (Lipinski definition) is 6. The van der Waals surface area contributed by atoms with Gasteiger partial charge in [-0.25, -0.2) is 4.98 Å². The van der Waals surface area contributed by atoms with Gasteiger partial charge < -0.3 is 5.32 Å². The number of nitrogens with zero attached hydrogens (tertiary/aromatic N) is 3. The minimum Gasteiger partial charge on any atom is -0.360 e. The maximum Gasteiger partial charge on any atom is 0.206 e. The van der Waals surface area contributed by atoms with Gasteiger partial charge in [-0.2, -0.15) is 0 Å². The highest BCUT2D eigenvalue weighted by Gasteiger charge is 2.14. The number of nitrogens with one attached hydrogen (secondary N) is 1. The lowest BCUT2D eigenvalue weighted by atomic mass is 10.3. The first kappa shape index (κ1) is 11.5. The third-order valence-electron chi connectivity index (χ3n) is 2.09. The largest absolute Gasteiger partial charge is 0.360 e. The Morgan fingerprint density at radius 2 is 2.00 bits per heavy atom. The van der Waals surface area contributed by atoms with Gasteiger partial charge in [0.2, 0.25) is 5.13 Å². The van der Waals surface area contributed by atoms with E-state index in [1.807, 2.05) is 6.92 Å². The van der Waals surface area contributed by atoms with Crippen LogP contribution >= 0.6 is 22.7 Å². The molecule has 2 aromatic rings. The molecule has 0 amide bonds. The summed E-state index contributed by atoms with van der Waals surface area (Å²) in [5, 5.41) is 14.4. The summed E-state index contributed by atoms with van der Waals surface area (Å²) < 4.78 is 0. The van der Waals surface area contributed by atoms with Crippen molar-refractivity contribution in [2.75, 3.05) is 11.9 Å². The number of thiazole rings is 1. The fourth-order valence-corrected chi connectivity index (χ4v) is 3.33. The van der Waals surface area contributed by atoms with E-state index in [1.54, 1.807) is 22.7 Å². The van der Waals surface area contributed by atoms with Crippen molar-refractivity contribution in [3.8, 4) is 9.88 Å². The van der Waals surface area contributed by atoms with Crippen LogP contribution in [0.1, 0.15) is 24.5 Å². The standard InChI is InChI=1S/C10H14N4S2/c1-4-7-8(15-6(3)12-7)9-13-14-10(16-9)11-5-2/h4-5H2,1-3H3,(H,11,14). The van der Waals surface area contributed by atoms with Crippen molar-refractivity contribution in [3.05, 3.63) is 10.7 Å². The van der Waals surface area contributed by atoms with Crippen molar-refractivity contribution in [1.82, 2.24) is 15.2 Å². The molecule has 0 saturated carbocycles. The summed E-state index contributed by atoms with van der Waals surface area (Å²) in [7, 11) is 0. The fourth-order valence-electron chi connectivity index (χ4n) is 1.41. The normalized spacial score (nSPS) is 10.7. The van der Waals surface area contributed by atoms with E-state index in [0.29, 0.717) is 0 Å². The van der Waals surface area contributed by atoms with E-state index in [9.17, 15) is 0 Å². The van der Waals surface area contributed by atoms with Crippen LogP contribution in [0.3, 0.4) is 0 Å². The average molecular weight is 254 g/mol. The van der Waals surface area contributed by atoms with Crippen LogP contribution in [-0.2, 0) is 6.42 Å². The molecule has 0 spiro atoms. The van der Waals surface area contributed by atoms with Gasteiger partial charge in [-0.15, -0.1) is 21.5 Å². The van der Waals surface area contributed by atoms with Crippen molar-refractivity contribution in [3.63, 3.8) is 0 Å². The Labute approximate surface area is 103 Å². The zero-order valence-electron chi connectivity index (χ0n) is 9.57. The molecule has 0 radical (unpaired) electrons. The first-order valence-corrected chi connectivity index (χ1v) is 6.92. The first-order valence-electron chi connectivity index (χ1n) is 5.28. The van der Waals surface area contributed by atoms with Crippen LogP contribution in [0.5, 0.6) is 0 Å². The predicted molar refractivity (Wildman–Crippen MR) is 69.3 cm³/mol. The van der Waals surface area contributed by atoms with Gasteiger partial charge in [-0.05, 0) is 20.3 Å². The van der Waals surface area contributed by atoms with Gasteiger partial charge >= 0.3 is 0 Å². The number of aryl methyl sites for hydroxylation is 2. The third-order valence-corrected chi connectivity index (χ3v) is 4.13. The Bertz CT molecular complexity index is 475. The molecule has 0 unspecified atom stereocenters. The summed E-state index contributed by atoms with van der Waals surface area (Å²) >= 11 is 3.28. The molecule has 16 heavy (non-hydrogen) atoms. The smallest absolute Gasteiger partial charge is 0.206 e. The van der Waals surface area contributed by atoms with Crippen LogP contribution in [0.15, 0.2) is 0 Å². The van der Waals surface area contributed by atoms with E-state index in [-0.39, 0.29) is 0 Å². The molecular formula is C10H14N4S2. The van der Waals surface area contributed by atoms with E-state index in [0.717, 1.165) is 33.8 Å². The van der Waals surface area contributed by atoms with E-state index in [2.05, 4.69) is 34.3 Å². The highest BCUT2D eigenvalue weighted by Crippen LogP contribution is 2.33. The zero-order valence-corrected chi connectivity index (χ0v) is 11.2. The maximum atomic E-state index is 4.50. The van der Waals surface area contributed by atoms with Crippen molar-refractivity contribution >= 4 is 27.8 Å². The minimum absolute atomic E-state index is 0.872. The molecule has 2 heterocycles. The molecule has 0 atom stereocenters. The third kappa shape index (κ3) is 2.22. The Hall–Kier alpha value is -1.01. The maximum absolute atomic E-state index is 4.50. The van der Waals surface area contributed by atoms with Crippen LogP contribution in [-0.4, -0.2) is 21.7 Å². The molecule has 2 aromatic heterocycles. The SMILES string of the molecule is CCNc1nnc(-c2sc(C)nc2CC)s1. The van der Waals surface area contributed by atoms with Gasteiger partial charge in [-0.3, -0.25) is 0 Å². The molecule has 86 valence electrons. The highest BCUT2D eigenvalue weighted by molar-refractivity contribution is 7.23. The number of aromatic nitrogens is 3. The Kier molecular flexibility index (Phi) is 3.50. The quantitative estimate of drug-likeness (QED) is 0.911. The second-order valence-electron chi connectivity index (χ2n) is 3.30. The van der Waals surface area contributed by atoms with Gasteiger partial charge in [0, 0.05) is 6.54 Å². The van der Waals surface area contributed by atoms with Crippen molar-refractivity contribution in [2.24, 2.45) is 0 Å². The summed E-state index contributed by atoms with van der Waals surface area (Å²) in [5.74, 6) is 0. The molecule has 1 N–H and O–H groups in total. The summed E-state index contributed by atoms with van der Waals surface area (Å²) in [5.41, 5.74) is 1.13. The zero-order chi connectivity index (χ0) is 11.5. The molecule has 0 aliphatic carbocycles. The van der Waals surface area contributed by atoms with Crippen LogP contribution in [0.25, 0.3) is 9.88 Å². The van der Waals surface area contributed by atoms with Gasteiger partial charge in [0.25, 0.3) is 0 Å². The number of rotatable bonds is 4. The second kappa shape index (κ2) is 4.88. The average Bonchev–Trinajstić information content (AvgIpc) is 2.85. The van der Waals surface area contributed by atoms with Gasteiger partial charge in [0.1, 0.15) is 0 Å². The summed E-state index contributed by atoms with van der Waals surface area (Å²) in [6, 6.07) is 0. The van der Waals surface area contributed by atoms with E-state index < -0.39 is 0 Å². The van der Waals surface area contributed by atoms with Gasteiger partial charge in [0.05, 0.1) is 15.6 Å². The molecule has 0 aliphatic rings. The molecule has 0 saturated heterocycles. The molecule has 0 fully saturated rings. The first-order chi connectivity index (χ1) is 7.74. The molecule has 4 nitrogen and oxygen atoms in total. The number of anilines is 1. The topological polar surface area (TPSA) is 50.7 Å². The van der Waals surface area contributed by atoms with Gasteiger partial charge in [-0.1, -0.05) is 18.3 Å². The summed E-state index contributed by atoms with van der Waals surface area (Å²) in [6.07, 6.45) is 0.940. The molecule has 6 heteroatoms. The predicted octanol–water partition coefficient (Wildman–Crippen LogP) is 2.96. The highest BCUT2D eigenvalue weighted by atomic mass is 32.1. The summed E-state index contributed by atoms with van der Waals surface area (Å²) in [6.45, 7) is 7.07. The monoisotopic (exact) mass is 254 g/mol. The number of hydrogen-bond donors (Lipinski definition) is 1. The summed E-state index contributed by atoms with van der Waals surface area (Å²) in [4.78, 5) is 5.67. The van der Waals surface area contributed by atoms with Crippen molar-refractivity contribution in [2.45, 2.75) is 27.2 Å². The van der Waals surface area contributed by atoms with E-state index >= 15 is 0 Å². The lowest BCUT2D eigenvalue weighted by molar-refractivity contribution is 1.03. The van der Waals surface area contributed by atoms with E-state index in [4.69, 9.17) is 0 Å². The lowest BCUT2D eigenvalue weighted by Gasteiger charge is -1.93. The molecular weight excluding hydrogens is 240 g/mol.